The molecule has 1 aromatic heterocycles. The van der Waals surface area contributed by atoms with E-state index >= 15 is 0 Å². The molecule has 2 aromatic carbocycles. The van der Waals surface area contributed by atoms with Gasteiger partial charge in [-0.2, -0.15) is 0 Å². The molecule has 160 valence electrons. The lowest BCUT2D eigenvalue weighted by Gasteiger charge is -2.12. The minimum absolute atomic E-state index is 0.0487. The number of nitrogens with zero attached hydrogens (tertiary/aromatic N) is 2. The molecule has 3 aromatic rings. The van der Waals surface area contributed by atoms with Gasteiger partial charge in [0, 0.05) is 25.0 Å². The Kier molecular flexibility index (Phi) is 6.86. The van der Waals surface area contributed by atoms with E-state index < -0.39 is 20.9 Å². The molecule has 3 rings (SSSR count). The largest absolute Gasteiger partial charge is 0.316 e. The van der Waals surface area contributed by atoms with Gasteiger partial charge >= 0.3 is 0 Å². The first-order valence-electron chi connectivity index (χ1n) is 8.61. The summed E-state index contributed by atoms with van der Waals surface area (Å²) >= 11 is 12.1. The van der Waals surface area contributed by atoms with Gasteiger partial charge in [-0.25, -0.2) is 13.1 Å². The molecule has 0 atom stereocenters. The van der Waals surface area contributed by atoms with Gasteiger partial charge in [0.15, 0.2) is 0 Å². The molecule has 0 bridgehead atoms. The molecule has 31 heavy (non-hydrogen) atoms. The number of para-hydroxylation sites is 2. The fourth-order valence-corrected chi connectivity index (χ4v) is 4.47. The summed E-state index contributed by atoms with van der Waals surface area (Å²) in [5.41, 5.74) is 0.00558. The number of halogens is 2. The molecular weight excluding hydrogens is 467 g/mol. The Hall–Kier alpha value is -3.05. The Bertz CT molecular complexity index is 1250. The fourth-order valence-electron chi connectivity index (χ4n) is 2.60. The summed E-state index contributed by atoms with van der Waals surface area (Å²) in [7, 11) is -4.11. The number of hydrogen-bond donors (Lipinski definition) is 2. The molecule has 0 saturated heterocycles. The third-order valence-electron chi connectivity index (χ3n) is 4.09. The molecular formula is C19H14Cl2N4O5S. The van der Waals surface area contributed by atoms with Gasteiger partial charge in [-0.15, -0.1) is 0 Å². The van der Waals surface area contributed by atoms with E-state index in [1.807, 2.05) is 0 Å². The molecule has 0 unspecified atom stereocenters. The zero-order valence-corrected chi connectivity index (χ0v) is 17.9. The van der Waals surface area contributed by atoms with Crippen LogP contribution in [0.5, 0.6) is 0 Å². The van der Waals surface area contributed by atoms with Gasteiger partial charge in [-0.05, 0) is 29.8 Å². The van der Waals surface area contributed by atoms with Crippen molar-refractivity contribution >= 4 is 50.5 Å². The van der Waals surface area contributed by atoms with Crippen LogP contribution in [-0.4, -0.2) is 24.2 Å². The van der Waals surface area contributed by atoms with E-state index in [1.54, 1.807) is 18.3 Å². The Labute approximate surface area is 187 Å². The third kappa shape index (κ3) is 5.36. The summed E-state index contributed by atoms with van der Waals surface area (Å²) in [6, 6.07) is 11.0. The number of carbonyl (C=O) groups is 1. The summed E-state index contributed by atoms with van der Waals surface area (Å²) in [6.07, 6.45) is 3.05. The number of benzene rings is 2. The van der Waals surface area contributed by atoms with E-state index in [2.05, 4.69) is 15.0 Å². The standard InChI is InChI=1S/C19H14Cl2N4O5S/c20-14-9-15(21)18(31(29,30)23-11-12-4-3-7-22-10-12)8-13(14)19(26)24-16-5-1-2-6-17(16)25(27)28/h1-10,23H,11H2,(H,24,26). The van der Waals surface area contributed by atoms with Crippen LogP contribution in [0.25, 0.3) is 0 Å². The van der Waals surface area contributed by atoms with Gasteiger partial charge in [0.05, 0.1) is 20.5 Å². The summed E-state index contributed by atoms with van der Waals surface area (Å²) < 4.78 is 27.8. The minimum atomic E-state index is -4.11. The number of aromatic nitrogens is 1. The molecule has 0 spiro atoms. The zero-order chi connectivity index (χ0) is 22.6. The highest BCUT2D eigenvalue weighted by Crippen LogP contribution is 2.30. The van der Waals surface area contributed by atoms with Crippen molar-refractivity contribution in [2.45, 2.75) is 11.4 Å². The second-order valence-corrected chi connectivity index (χ2v) is 8.73. The number of anilines is 1. The van der Waals surface area contributed by atoms with Crippen LogP contribution < -0.4 is 10.0 Å². The van der Waals surface area contributed by atoms with E-state index in [0.29, 0.717) is 5.56 Å². The van der Waals surface area contributed by atoms with Gasteiger partial charge in [0.25, 0.3) is 11.6 Å². The van der Waals surface area contributed by atoms with Gasteiger partial charge in [0.2, 0.25) is 10.0 Å². The Morgan fingerprint density at radius 3 is 2.52 bits per heavy atom. The van der Waals surface area contributed by atoms with Crippen molar-refractivity contribution in [3.63, 3.8) is 0 Å². The molecule has 12 heteroatoms. The molecule has 0 aliphatic heterocycles. The molecule has 9 nitrogen and oxygen atoms in total. The summed E-state index contributed by atoms with van der Waals surface area (Å²) in [4.78, 5) is 26.7. The number of sulfonamides is 1. The smallest absolute Gasteiger partial charge is 0.292 e. The van der Waals surface area contributed by atoms with E-state index in [4.69, 9.17) is 23.2 Å². The summed E-state index contributed by atoms with van der Waals surface area (Å²) in [6.45, 7) is -0.0487. The number of nitro groups is 1. The van der Waals surface area contributed by atoms with E-state index in [0.717, 1.165) is 12.1 Å². The van der Waals surface area contributed by atoms with Crippen LogP contribution in [0.3, 0.4) is 0 Å². The van der Waals surface area contributed by atoms with Crippen LogP contribution >= 0.6 is 23.2 Å². The first-order valence-corrected chi connectivity index (χ1v) is 10.9. The number of pyridine rings is 1. The van der Waals surface area contributed by atoms with Crippen molar-refractivity contribution < 1.29 is 18.1 Å². The van der Waals surface area contributed by atoms with E-state index in [9.17, 15) is 23.3 Å². The zero-order valence-electron chi connectivity index (χ0n) is 15.6. The van der Waals surface area contributed by atoms with Crippen molar-refractivity contribution in [1.29, 1.82) is 0 Å². The van der Waals surface area contributed by atoms with Gasteiger partial charge in [0.1, 0.15) is 10.6 Å². The van der Waals surface area contributed by atoms with E-state index in [1.165, 1.54) is 30.5 Å². The normalized spacial score (nSPS) is 11.2. The first kappa shape index (κ1) is 22.6. The van der Waals surface area contributed by atoms with Crippen molar-refractivity contribution in [2.24, 2.45) is 0 Å². The Morgan fingerprint density at radius 1 is 1.10 bits per heavy atom. The molecule has 0 aliphatic rings. The maximum absolute atomic E-state index is 12.7. The highest BCUT2D eigenvalue weighted by atomic mass is 35.5. The molecule has 0 radical (unpaired) electrons. The van der Waals surface area contributed by atoms with Crippen LogP contribution in [0.15, 0.2) is 65.8 Å². The Balaban J connectivity index is 1.90. The van der Waals surface area contributed by atoms with Crippen LogP contribution in [0, 0.1) is 10.1 Å². The SMILES string of the molecule is O=C(Nc1ccccc1[N+](=O)[O-])c1cc(S(=O)(=O)NCc2cccnc2)c(Cl)cc1Cl. The monoisotopic (exact) mass is 480 g/mol. The first-order chi connectivity index (χ1) is 14.7. The average molecular weight is 481 g/mol. The van der Waals surface area contributed by atoms with Crippen LogP contribution in [0.1, 0.15) is 15.9 Å². The summed E-state index contributed by atoms with van der Waals surface area (Å²) in [5, 5.41) is 13.2. The van der Waals surface area contributed by atoms with Crippen molar-refractivity contribution in [3.8, 4) is 0 Å². The fraction of sp³-hybridized carbons (Fsp3) is 0.0526. The number of nitro benzene ring substituents is 1. The number of rotatable bonds is 7. The van der Waals surface area contributed by atoms with Crippen LogP contribution in [-0.2, 0) is 16.6 Å². The number of carbonyl (C=O) groups excluding carboxylic acids is 1. The maximum Gasteiger partial charge on any atom is 0.292 e. The van der Waals surface area contributed by atoms with Gasteiger partial charge in [-0.3, -0.25) is 19.9 Å². The van der Waals surface area contributed by atoms with Crippen molar-refractivity contribution in [3.05, 3.63) is 92.2 Å². The minimum Gasteiger partial charge on any atom is -0.316 e. The number of amides is 1. The lowest BCUT2D eigenvalue weighted by Crippen LogP contribution is -2.24. The Morgan fingerprint density at radius 2 is 1.84 bits per heavy atom. The molecule has 0 fully saturated rings. The van der Waals surface area contributed by atoms with Crippen LogP contribution in [0.4, 0.5) is 11.4 Å². The van der Waals surface area contributed by atoms with E-state index in [-0.39, 0.29) is 38.4 Å². The lowest BCUT2D eigenvalue weighted by atomic mass is 10.2. The molecule has 1 amide bonds. The highest BCUT2D eigenvalue weighted by Gasteiger charge is 2.24. The lowest BCUT2D eigenvalue weighted by molar-refractivity contribution is -0.383. The van der Waals surface area contributed by atoms with Crippen LogP contribution in [0.2, 0.25) is 10.0 Å². The quantitative estimate of drug-likeness (QED) is 0.387. The maximum atomic E-state index is 12.7. The van der Waals surface area contributed by atoms with Crippen molar-refractivity contribution in [2.75, 3.05) is 5.32 Å². The average Bonchev–Trinajstić information content (AvgIpc) is 2.73. The van der Waals surface area contributed by atoms with Crippen molar-refractivity contribution in [1.82, 2.24) is 9.71 Å². The predicted octanol–water partition coefficient (Wildman–Crippen LogP) is 4.03. The third-order valence-corrected chi connectivity index (χ3v) is 6.27. The number of hydrogen-bond acceptors (Lipinski definition) is 6. The van der Waals surface area contributed by atoms with Gasteiger partial charge < -0.3 is 5.32 Å². The molecule has 2 N–H and O–H groups in total. The predicted molar refractivity (Wildman–Crippen MR) is 116 cm³/mol. The summed E-state index contributed by atoms with van der Waals surface area (Å²) in [5.74, 6) is -0.834. The second kappa shape index (κ2) is 9.40. The molecule has 0 aliphatic carbocycles. The highest BCUT2D eigenvalue weighted by molar-refractivity contribution is 7.89. The molecule has 1 heterocycles. The number of nitrogens with one attached hydrogen (secondary N) is 2. The topological polar surface area (TPSA) is 131 Å². The second-order valence-electron chi connectivity index (χ2n) is 6.18. The molecule has 0 saturated carbocycles. The van der Waals surface area contributed by atoms with Gasteiger partial charge in [-0.1, -0.05) is 41.4 Å².